The molecule has 22 heavy (non-hydrogen) atoms. The van der Waals surface area contributed by atoms with Gasteiger partial charge < -0.3 is 10.1 Å². The maximum absolute atomic E-state index is 12.4. The van der Waals surface area contributed by atoms with E-state index in [0.29, 0.717) is 16.5 Å². The van der Waals surface area contributed by atoms with E-state index in [-0.39, 0.29) is 11.8 Å². The van der Waals surface area contributed by atoms with Crippen molar-refractivity contribution in [2.24, 2.45) is 4.99 Å². The number of carbonyl (C=O) groups excluding carboxylic acids is 1. The summed E-state index contributed by atoms with van der Waals surface area (Å²) in [6.07, 6.45) is 0. The molecule has 0 radical (unpaired) electrons. The van der Waals surface area contributed by atoms with Crippen LogP contribution in [0.2, 0.25) is 0 Å². The number of para-hydroxylation sites is 1. The van der Waals surface area contributed by atoms with Gasteiger partial charge in [0.25, 0.3) is 5.91 Å². The number of hydrogen-bond acceptors (Lipinski definition) is 2. The molecule has 1 aliphatic heterocycles. The lowest BCUT2D eigenvalue weighted by Crippen LogP contribution is -2.22. The first kappa shape index (κ1) is 13.3. The molecule has 2 aromatic carbocycles. The summed E-state index contributed by atoms with van der Waals surface area (Å²) in [5.41, 5.74) is 2.76. The fourth-order valence-corrected chi connectivity index (χ4v) is 3.54. The van der Waals surface area contributed by atoms with E-state index in [1.165, 1.54) is 0 Å². The third kappa shape index (κ3) is 1.75. The van der Waals surface area contributed by atoms with Crippen LogP contribution in [0, 0.1) is 6.92 Å². The zero-order valence-electron chi connectivity index (χ0n) is 11.6. The minimum atomic E-state index is -0.324. The van der Waals surface area contributed by atoms with Gasteiger partial charge in [-0.1, -0.05) is 34.1 Å². The molecule has 0 aliphatic carbocycles. The first-order valence-electron chi connectivity index (χ1n) is 6.80. The van der Waals surface area contributed by atoms with Crippen LogP contribution in [-0.2, 0) is 4.79 Å². The molecule has 0 unspecified atom stereocenters. The molecule has 3 aromatic rings. The molecule has 2 heterocycles. The van der Waals surface area contributed by atoms with Gasteiger partial charge in [0.05, 0.1) is 22.0 Å². The second-order valence-corrected chi connectivity index (χ2v) is 6.22. The number of aromatic hydroxyl groups is 1. The van der Waals surface area contributed by atoms with Gasteiger partial charge in [-0.2, -0.15) is 0 Å². The van der Waals surface area contributed by atoms with Crippen molar-refractivity contribution in [3.05, 3.63) is 62.6 Å². The van der Waals surface area contributed by atoms with Crippen molar-refractivity contribution in [3.63, 3.8) is 0 Å². The summed E-state index contributed by atoms with van der Waals surface area (Å²) in [7, 11) is 0. The summed E-state index contributed by atoms with van der Waals surface area (Å²) in [6, 6.07) is 11.2. The Morgan fingerprint density at radius 2 is 2.00 bits per heavy atom. The maximum Gasteiger partial charge on any atom is 0.279 e. The van der Waals surface area contributed by atoms with Gasteiger partial charge in [0.15, 0.2) is 5.88 Å². The van der Waals surface area contributed by atoms with Gasteiger partial charge in [-0.3, -0.25) is 4.79 Å². The third-order valence-corrected chi connectivity index (χ3v) is 4.37. The smallest absolute Gasteiger partial charge is 0.279 e. The largest absolute Gasteiger partial charge is 0.494 e. The lowest BCUT2D eigenvalue weighted by molar-refractivity contribution is -0.112. The minimum absolute atomic E-state index is 0.00791. The number of aromatic nitrogens is 1. The van der Waals surface area contributed by atoms with E-state index in [4.69, 9.17) is 0 Å². The average molecular weight is 355 g/mol. The van der Waals surface area contributed by atoms with Gasteiger partial charge in [-0.25, -0.2) is 4.99 Å². The first-order valence-corrected chi connectivity index (χ1v) is 7.59. The van der Waals surface area contributed by atoms with Gasteiger partial charge in [0.2, 0.25) is 0 Å². The van der Waals surface area contributed by atoms with Crippen molar-refractivity contribution in [3.8, 4) is 5.88 Å². The average Bonchev–Trinajstić information content (AvgIpc) is 2.95. The molecule has 1 aliphatic rings. The van der Waals surface area contributed by atoms with Crippen LogP contribution in [0.15, 0.2) is 45.9 Å². The Hall–Kier alpha value is -2.40. The third-order valence-electron chi connectivity index (χ3n) is 3.91. The fourth-order valence-electron chi connectivity index (χ4n) is 2.97. The predicted molar refractivity (Wildman–Crippen MR) is 87.1 cm³/mol. The molecule has 5 heteroatoms. The van der Waals surface area contributed by atoms with E-state index in [1.807, 2.05) is 37.3 Å². The Kier molecular flexibility index (Phi) is 2.74. The van der Waals surface area contributed by atoms with Crippen LogP contribution in [0.25, 0.3) is 16.5 Å². The lowest BCUT2D eigenvalue weighted by Gasteiger charge is -2.02. The predicted octanol–water partition coefficient (Wildman–Crippen LogP) is 2.30. The quantitative estimate of drug-likeness (QED) is 0.704. The van der Waals surface area contributed by atoms with E-state index >= 15 is 0 Å². The molecule has 0 spiro atoms. The summed E-state index contributed by atoms with van der Waals surface area (Å²) < 4.78 is 0.897. The number of H-pyrrole nitrogens is 1. The topological polar surface area (TPSA) is 65.4 Å². The van der Waals surface area contributed by atoms with E-state index in [9.17, 15) is 9.90 Å². The van der Waals surface area contributed by atoms with Gasteiger partial charge in [0, 0.05) is 15.1 Å². The monoisotopic (exact) mass is 354 g/mol. The van der Waals surface area contributed by atoms with Crippen LogP contribution in [0.1, 0.15) is 11.1 Å². The van der Waals surface area contributed by atoms with Crippen LogP contribution in [0.4, 0.5) is 0 Å². The molecule has 0 bridgehead atoms. The number of halogens is 1. The highest BCUT2D eigenvalue weighted by Crippen LogP contribution is 2.36. The number of carbonyl (C=O) groups is 1. The lowest BCUT2D eigenvalue weighted by atomic mass is 10.0. The molecule has 1 aromatic heterocycles. The standard InChI is InChI=1S/C17H11BrN2O2/c1-8-6-9(18)7-11-14(17(22)20-15(8)11)13-10-4-2-3-5-12(10)19-16(13)21/h2-7,20,22H,1H3. The van der Waals surface area contributed by atoms with Crippen LogP contribution in [-0.4, -0.2) is 16.0 Å². The molecule has 4 nitrogen and oxygen atoms in total. The molecule has 108 valence electrons. The number of hydrogen-bond donors (Lipinski definition) is 2. The number of nitrogens with zero attached hydrogens (tertiary/aromatic N) is 1. The van der Waals surface area contributed by atoms with Gasteiger partial charge >= 0.3 is 0 Å². The highest BCUT2D eigenvalue weighted by atomic mass is 79.9. The van der Waals surface area contributed by atoms with Crippen molar-refractivity contribution in [2.45, 2.75) is 6.92 Å². The molecule has 0 fully saturated rings. The van der Waals surface area contributed by atoms with Gasteiger partial charge in [-0.05, 0) is 30.7 Å². The number of benzene rings is 2. The Bertz CT molecular complexity index is 1080. The molecule has 4 rings (SSSR count). The highest BCUT2D eigenvalue weighted by Gasteiger charge is 2.25. The van der Waals surface area contributed by atoms with Crippen molar-refractivity contribution in [1.82, 2.24) is 4.98 Å². The Labute approximate surface area is 133 Å². The highest BCUT2D eigenvalue weighted by molar-refractivity contribution is 9.10. The Balaban J connectivity index is 2.19. The van der Waals surface area contributed by atoms with Gasteiger partial charge in [-0.15, -0.1) is 0 Å². The number of aryl methyl sites for hydroxylation is 1. The van der Waals surface area contributed by atoms with Crippen LogP contribution < -0.4 is 10.6 Å². The summed E-state index contributed by atoms with van der Waals surface area (Å²) in [5, 5.41) is 12.6. The maximum atomic E-state index is 12.4. The van der Waals surface area contributed by atoms with Gasteiger partial charge in [0.1, 0.15) is 0 Å². The SMILES string of the molecule is Cc1cc(Br)cc2c(C3=c4ccccc4=NC3=O)c(O)[nH]c12. The van der Waals surface area contributed by atoms with E-state index in [0.717, 1.165) is 26.2 Å². The molecule has 2 N–H and O–H groups in total. The molecule has 1 amide bonds. The van der Waals surface area contributed by atoms with Crippen molar-refractivity contribution >= 4 is 38.3 Å². The van der Waals surface area contributed by atoms with E-state index < -0.39 is 0 Å². The molecular formula is C17H11BrN2O2. The second kappa shape index (κ2) is 4.55. The van der Waals surface area contributed by atoms with Crippen molar-refractivity contribution in [2.75, 3.05) is 0 Å². The van der Waals surface area contributed by atoms with Crippen LogP contribution >= 0.6 is 15.9 Å². The number of fused-ring (bicyclic) bond motifs is 2. The number of nitrogens with one attached hydrogen (secondary N) is 1. The minimum Gasteiger partial charge on any atom is -0.494 e. The van der Waals surface area contributed by atoms with E-state index in [2.05, 4.69) is 25.9 Å². The molecular weight excluding hydrogens is 344 g/mol. The number of rotatable bonds is 1. The molecule has 0 atom stereocenters. The summed E-state index contributed by atoms with van der Waals surface area (Å²) >= 11 is 3.47. The second-order valence-electron chi connectivity index (χ2n) is 5.30. The first-order chi connectivity index (χ1) is 10.6. The number of amides is 1. The number of aromatic amines is 1. The van der Waals surface area contributed by atoms with Crippen LogP contribution in [0.5, 0.6) is 5.88 Å². The molecule has 0 saturated carbocycles. The fraction of sp³-hybridized carbons (Fsp3) is 0.0588. The summed E-state index contributed by atoms with van der Waals surface area (Å²) in [5.74, 6) is -0.332. The normalized spacial score (nSPS) is 13.5. The summed E-state index contributed by atoms with van der Waals surface area (Å²) in [6.45, 7) is 1.95. The molecule has 0 saturated heterocycles. The summed E-state index contributed by atoms with van der Waals surface area (Å²) in [4.78, 5) is 19.4. The van der Waals surface area contributed by atoms with Crippen LogP contribution in [0.3, 0.4) is 0 Å². The Morgan fingerprint density at radius 3 is 2.82 bits per heavy atom. The van der Waals surface area contributed by atoms with Crippen molar-refractivity contribution < 1.29 is 9.90 Å². The van der Waals surface area contributed by atoms with Crippen molar-refractivity contribution in [1.29, 1.82) is 0 Å². The van der Waals surface area contributed by atoms with E-state index in [1.54, 1.807) is 6.07 Å². The Morgan fingerprint density at radius 1 is 1.23 bits per heavy atom. The zero-order valence-corrected chi connectivity index (χ0v) is 13.2. The zero-order chi connectivity index (χ0) is 15.4.